The molecular weight excluding hydrogens is 206 g/mol. The molecule has 1 unspecified atom stereocenters. The van der Waals surface area contributed by atoms with Crippen LogP contribution in [0, 0.1) is 0 Å². The van der Waals surface area contributed by atoms with Crippen LogP contribution in [0.3, 0.4) is 0 Å². The van der Waals surface area contributed by atoms with Crippen LogP contribution >= 0.6 is 0 Å². The second-order valence-electron chi connectivity index (χ2n) is 3.66. The van der Waals surface area contributed by atoms with E-state index in [1.807, 2.05) is 24.3 Å². The summed E-state index contributed by atoms with van der Waals surface area (Å²) in [5.74, 6) is -0.637. The zero-order valence-electron chi connectivity index (χ0n) is 8.27. The number of hydrogen-bond donors (Lipinski definition) is 1. The Morgan fingerprint density at radius 3 is 2.81 bits per heavy atom. The highest BCUT2D eigenvalue weighted by Gasteiger charge is 2.34. The van der Waals surface area contributed by atoms with E-state index < -0.39 is 11.6 Å². The molecule has 0 fully saturated rings. The quantitative estimate of drug-likeness (QED) is 0.413. The average molecular weight is 214 g/mol. The van der Waals surface area contributed by atoms with Gasteiger partial charge in [0.1, 0.15) is 0 Å². The first-order valence-corrected chi connectivity index (χ1v) is 4.91. The summed E-state index contributed by atoms with van der Waals surface area (Å²) in [4.78, 5) is 25.5. The van der Waals surface area contributed by atoms with E-state index in [9.17, 15) is 9.59 Å². The van der Waals surface area contributed by atoms with E-state index in [2.05, 4.69) is 4.99 Å². The van der Waals surface area contributed by atoms with E-state index in [4.69, 9.17) is 4.74 Å². The van der Waals surface area contributed by atoms with Crippen LogP contribution in [-0.4, -0.2) is 23.4 Å². The fourth-order valence-electron chi connectivity index (χ4n) is 1.77. The molecule has 3 rings (SSSR count). The first kappa shape index (κ1) is 9.03. The highest BCUT2D eigenvalue weighted by Crippen LogP contribution is 2.18. The fraction of sp³-hybridized carbons (Fsp3) is 0.0833. The van der Waals surface area contributed by atoms with Crippen LogP contribution in [0.4, 0.5) is 0 Å². The van der Waals surface area contributed by atoms with Gasteiger partial charge >= 0.3 is 0 Å². The molecule has 0 amide bonds. The standard InChI is InChI=1S/C12H7NO3/c14-9-5-8-12(6-10(9)15)16-11-4-2-1-3-7(11)13-8/h1-6,11H/p+1. The minimum absolute atomic E-state index is 0.200. The molecule has 1 atom stereocenters. The van der Waals surface area contributed by atoms with Crippen LogP contribution in [0.15, 0.2) is 47.9 Å². The zero-order chi connectivity index (χ0) is 11.1. The number of allylic oxidation sites excluding steroid dienone is 4. The SMILES string of the molecule is O=C1C=C2[NH+]=C3C=CC=CC3OC2=CC1=O. The highest BCUT2D eigenvalue weighted by atomic mass is 16.5. The van der Waals surface area contributed by atoms with Crippen molar-refractivity contribution in [1.29, 1.82) is 0 Å². The van der Waals surface area contributed by atoms with Gasteiger partial charge in [0.25, 0.3) is 5.70 Å². The number of carbonyl (C=O) groups is 2. The Kier molecular flexibility index (Phi) is 1.77. The lowest BCUT2D eigenvalue weighted by Crippen LogP contribution is -2.76. The fourth-order valence-corrected chi connectivity index (χ4v) is 1.77. The van der Waals surface area contributed by atoms with Crippen molar-refractivity contribution in [3.05, 3.63) is 47.9 Å². The molecule has 0 aromatic carbocycles. The van der Waals surface area contributed by atoms with Crippen molar-refractivity contribution in [2.24, 2.45) is 0 Å². The zero-order valence-corrected chi connectivity index (χ0v) is 8.27. The van der Waals surface area contributed by atoms with Gasteiger partial charge in [-0.15, -0.1) is 0 Å². The Hall–Kier alpha value is -2.23. The van der Waals surface area contributed by atoms with E-state index in [-0.39, 0.29) is 6.10 Å². The van der Waals surface area contributed by atoms with Gasteiger partial charge in [-0.3, -0.25) is 9.59 Å². The summed E-state index contributed by atoms with van der Waals surface area (Å²) in [6, 6.07) is 0. The highest BCUT2D eigenvalue weighted by molar-refractivity contribution is 6.46. The number of nitrogens with one attached hydrogen (secondary N) is 1. The van der Waals surface area contributed by atoms with Gasteiger partial charge in [0, 0.05) is 12.2 Å². The monoisotopic (exact) mass is 214 g/mol. The Morgan fingerprint density at radius 2 is 1.94 bits per heavy atom. The maximum absolute atomic E-state index is 11.2. The molecule has 0 spiro atoms. The van der Waals surface area contributed by atoms with Crippen LogP contribution in [0.25, 0.3) is 0 Å². The second-order valence-corrected chi connectivity index (χ2v) is 3.66. The molecule has 0 saturated heterocycles. The van der Waals surface area contributed by atoms with Gasteiger partial charge in [0.15, 0.2) is 5.76 Å². The summed E-state index contributed by atoms with van der Waals surface area (Å²) in [5, 5.41) is 0. The van der Waals surface area contributed by atoms with Crippen LogP contribution < -0.4 is 4.99 Å². The van der Waals surface area contributed by atoms with Crippen LogP contribution in [0.1, 0.15) is 0 Å². The Morgan fingerprint density at radius 1 is 1.12 bits per heavy atom. The van der Waals surface area contributed by atoms with Crippen molar-refractivity contribution in [3.63, 3.8) is 0 Å². The third-order valence-corrected chi connectivity index (χ3v) is 2.56. The number of carbonyl (C=O) groups excluding carboxylic acids is 2. The molecule has 3 aliphatic rings. The molecule has 1 heterocycles. The van der Waals surface area contributed by atoms with E-state index in [1.165, 1.54) is 12.2 Å². The Bertz CT molecular complexity index is 547. The van der Waals surface area contributed by atoms with Crippen molar-refractivity contribution >= 4 is 17.3 Å². The lowest BCUT2D eigenvalue weighted by Gasteiger charge is -2.21. The molecular formula is C12H8NO3+. The molecule has 4 heteroatoms. The van der Waals surface area contributed by atoms with Gasteiger partial charge < -0.3 is 4.74 Å². The minimum atomic E-state index is -0.542. The van der Waals surface area contributed by atoms with Crippen molar-refractivity contribution in [3.8, 4) is 0 Å². The van der Waals surface area contributed by atoms with Crippen molar-refractivity contribution < 1.29 is 19.3 Å². The Balaban J connectivity index is 2.09. The van der Waals surface area contributed by atoms with Crippen molar-refractivity contribution in [2.75, 3.05) is 0 Å². The molecule has 16 heavy (non-hydrogen) atoms. The molecule has 0 saturated carbocycles. The average Bonchev–Trinajstić information content (AvgIpc) is 2.28. The van der Waals surface area contributed by atoms with E-state index in [1.54, 1.807) is 0 Å². The number of fused-ring (bicyclic) bond motifs is 2. The number of ether oxygens (including phenoxy) is 1. The molecule has 0 aromatic heterocycles. The van der Waals surface area contributed by atoms with Gasteiger partial charge in [-0.2, -0.15) is 0 Å². The predicted molar refractivity (Wildman–Crippen MR) is 55.3 cm³/mol. The maximum Gasteiger partial charge on any atom is 0.250 e. The minimum Gasteiger partial charge on any atom is -0.468 e. The summed E-state index contributed by atoms with van der Waals surface area (Å²) >= 11 is 0. The summed E-state index contributed by atoms with van der Waals surface area (Å²) in [5.41, 5.74) is 1.42. The van der Waals surface area contributed by atoms with Crippen LogP contribution in [0.5, 0.6) is 0 Å². The maximum atomic E-state index is 11.2. The number of rotatable bonds is 0. The van der Waals surface area contributed by atoms with E-state index in [0.717, 1.165) is 5.71 Å². The smallest absolute Gasteiger partial charge is 0.250 e. The van der Waals surface area contributed by atoms with Crippen LogP contribution in [-0.2, 0) is 14.3 Å². The number of hydrogen-bond acceptors (Lipinski definition) is 3. The topological polar surface area (TPSA) is 57.3 Å². The first-order valence-electron chi connectivity index (χ1n) is 4.91. The molecule has 0 aromatic rings. The van der Waals surface area contributed by atoms with Gasteiger partial charge in [-0.1, -0.05) is 12.2 Å². The summed E-state index contributed by atoms with van der Waals surface area (Å²) in [6.45, 7) is 0. The largest absolute Gasteiger partial charge is 0.468 e. The molecule has 0 radical (unpaired) electrons. The molecule has 0 bridgehead atoms. The number of ketones is 2. The van der Waals surface area contributed by atoms with Crippen LogP contribution in [0.2, 0.25) is 0 Å². The van der Waals surface area contributed by atoms with Gasteiger partial charge in [-0.25, -0.2) is 4.99 Å². The predicted octanol–water partition coefficient (Wildman–Crippen LogP) is -1.05. The summed E-state index contributed by atoms with van der Waals surface area (Å²) < 4.78 is 5.60. The molecule has 4 nitrogen and oxygen atoms in total. The van der Waals surface area contributed by atoms with Crippen molar-refractivity contribution in [2.45, 2.75) is 6.10 Å². The normalized spacial score (nSPS) is 26.2. The van der Waals surface area contributed by atoms with Gasteiger partial charge in [0.05, 0.1) is 6.08 Å². The van der Waals surface area contributed by atoms with Gasteiger partial charge in [0.2, 0.25) is 23.4 Å². The Labute approximate surface area is 91.3 Å². The third-order valence-electron chi connectivity index (χ3n) is 2.56. The van der Waals surface area contributed by atoms with Crippen molar-refractivity contribution in [1.82, 2.24) is 0 Å². The molecule has 1 aliphatic heterocycles. The second kappa shape index (κ2) is 3.13. The van der Waals surface area contributed by atoms with E-state index >= 15 is 0 Å². The summed E-state index contributed by atoms with van der Waals surface area (Å²) in [7, 11) is 0. The first-order chi connectivity index (χ1) is 7.74. The van der Waals surface area contributed by atoms with Gasteiger partial charge in [-0.05, 0) is 6.08 Å². The lowest BCUT2D eigenvalue weighted by molar-refractivity contribution is -0.407. The molecule has 2 aliphatic carbocycles. The molecule has 1 N–H and O–H groups in total. The summed E-state index contributed by atoms with van der Waals surface area (Å²) in [6.07, 6.45) is 9.81. The molecule has 78 valence electrons. The lowest BCUT2D eigenvalue weighted by atomic mass is 10.0. The third kappa shape index (κ3) is 1.27. The van der Waals surface area contributed by atoms with E-state index in [0.29, 0.717) is 11.5 Å².